The maximum atomic E-state index is 12.9. The summed E-state index contributed by atoms with van der Waals surface area (Å²) in [6, 6.07) is 7.13. The summed E-state index contributed by atoms with van der Waals surface area (Å²) >= 11 is 9.31. The number of fused-ring (bicyclic) bond motifs is 2. The first-order valence-corrected chi connectivity index (χ1v) is 11.4. The van der Waals surface area contributed by atoms with Crippen molar-refractivity contribution in [2.75, 3.05) is 5.32 Å². The van der Waals surface area contributed by atoms with Crippen LogP contribution in [-0.4, -0.2) is 35.7 Å². The lowest BCUT2D eigenvalue weighted by atomic mass is 10.0. The molecule has 0 saturated heterocycles. The zero-order chi connectivity index (χ0) is 21.6. The van der Waals surface area contributed by atoms with Gasteiger partial charge in [-0.05, 0) is 64.7 Å². The van der Waals surface area contributed by atoms with E-state index >= 15 is 0 Å². The van der Waals surface area contributed by atoms with Crippen molar-refractivity contribution in [2.45, 2.75) is 23.9 Å². The number of aromatic nitrogens is 2. The highest BCUT2D eigenvalue weighted by Crippen LogP contribution is 2.26. The largest absolute Gasteiger partial charge is 0.324 e. The second-order valence-corrected chi connectivity index (χ2v) is 9.60. The number of nitrogens with one attached hydrogen (secondary N) is 2. The number of pyridine rings is 1. The van der Waals surface area contributed by atoms with Gasteiger partial charge in [0.15, 0.2) is 10.2 Å². The van der Waals surface area contributed by atoms with Gasteiger partial charge in [0.1, 0.15) is 5.65 Å². The van der Waals surface area contributed by atoms with Gasteiger partial charge in [0.05, 0.1) is 6.04 Å². The van der Waals surface area contributed by atoms with Gasteiger partial charge >= 0.3 is 0 Å². The molecule has 1 aliphatic heterocycles. The van der Waals surface area contributed by atoms with Crippen LogP contribution in [0.15, 0.2) is 46.0 Å². The number of carbonyl (C=O) groups is 2. The number of anilines is 1. The summed E-state index contributed by atoms with van der Waals surface area (Å²) in [6.45, 7) is 0. The minimum Gasteiger partial charge on any atom is -0.324 e. The third-order valence-electron chi connectivity index (χ3n) is 4.67. The standard InChI is InChI=1S/C18H15BrClN5O4S/c19-11-3-6-14-23-15(20)18(25(14)8-11)30(28,29)24-16(26)10-2-5-13-9(7-10)1-4-12(21)17(27)22-13/h2-3,5-8,12H,1,4,21H2,(H,22,27)(H,24,26). The van der Waals surface area contributed by atoms with Gasteiger partial charge in [-0.1, -0.05) is 11.6 Å². The van der Waals surface area contributed by atoms with Crippen LogP contribution in [0.25, 0.3) is 5.65 Å². The van der Waals surface area contributed by atoms with Crippen LogP contribution in [0.3, 0.4) is 0 Å². The molecule has 3 aromatic rings. The fourth-order valence-electron chi connectivity index (χ4n) is 3.17. The lowest BCUT2D eigenvalue weighted by Gasteiger charge is -2.11. The molecule has 0 aliphatic carbocycles. The number of nitrogens with zero attached hydrogens (tertiary/aromatic N) is 2. The zero-order valence-corrected chi connectivity index (χ0v) is 18.4. The number of sulfonamides is 1. The van der Waals surface area contributed by atoms with Crippen molar-refractivity contribution >= 4 is 60.7 Å². The number of benzene rings is 1. The van der Waals surface area contributed by atoms with Crippen molar-refractivity contribution in [3.63, 3.8) is 0 Å². The second kappa shape index (κ2) is 7.65. The number of hydrogen-bond donors (Lipinski definition) is 3. The highest BCUT2D eigenvalue weighted by Gasteiger charge is 2.28. The lowest BCUT2D eigenvalue weighted by molar-refractivity contribution is -0.117. The molecule has 0 radical (unpaired) electrons. The fourth-order valence-corrected chi connectivity index (χ4v) is 5.12. The number of rotatable bonds is 3. The van der Waals surface area contributed by atoms with Gasteiger partial charge < -0.3 is 11.1 Å². The van der Waals surface area contributed by atoms with Crippen LogP contribution in [0.1, 0.15) is 22.3 Å². The Morgan fingerprint density at radius 2 is 2.10 bits per heavy atom. The average molecular weight is 513 g/mol. The van der Waals surface area contributed by atoms with Crippen molar-refractivity contribution in [3.05, 3.63) is 57.3 Å². The molecule has 0 bridgehead atoms. The van der Waals surface area contributed by atoms with E-state index in [9.17, 15) is 18.0 Å². The summed E-state index contributed by atoms with van der Waals surface area (Å²) in [5.74, 6) is -1.14. The lowest BCUT2D eigenvalue weighted by Crippen LogP contribution is -2.34. The number of carbonyl (C=O) groups excluding carboxylic acids is 2. The van der Waals surface area contributed by atoms with Crippen molar-refractivity contribution in [1.29, 1.82) is 0 Å². The smallest absolute Gasteiger partial charge is 0.283 e. The van der Waals surface area contributed by atoms with E-state index < -0.39 is 22.0 Å². The molecule has 0 saturated carbocycles. The Labute approximate surface area is 184 Å². The summed E-state index contributed by atoms with van der Waals surface area (Å²) in [5, 5.41) is 2.09. The molecule has 1 aromatic carbocycles. The van der Waals surface area contributed by atoms with E-state index in [2.05, 4.69) is 26.2 Å². The first-order chi connectivity index (χ1) is 14.2. The molecule has 4 N–H and O–H groups in total. The summed E-state index contributed by atoms with van der Waals surface area (Å²) in [6.07, 6.45) is 2.37. The molecule has 0 fully saturated rings. The second-order valence-electron chi connectivity index (χ2n) is 6.72. The Morgan fingerprint density at radius 1 is 1.33 bits per heavy atom. The molecule has 4 rings (SSSR count). The summed E-state index contributed by atoms with van der Waals surface area (Å²) < 4.78 is 29.7. The van der Waals surface area contributed by atoms with E-state index in [4.69, 9.17) is 17.3 Å². The number of aryl methyl sites for hydroxylation is 1. The molecule has 1 atom stereocenters. The summed E-state index contributed by atoms with van der Waals surface area (Å²) in [4.78, 5) is 28.6. The third kappa shape index (κ3) is 3.81. The van der Waals surface area contributed by atoms with Gasteiger partial charge in [-0.25, -0.2) is 9.71 Å². The van der Waals surface area contributed by atoms with Crippen LogP contribution in [0, 0.1) is 0 Å². The molecule has 1 aliphatic rings. The molecular weight excluding hydrogens is 498 g/mol. The first-order valence-electron chi connectivity index (χ1n) is 8.75. The van der Waals surface area contributed by atoms with Gasteiger partial charge in [-0.3, -0.25) is 14.0 Å². The number of amides is 2. The quantitative estimate of drug-likeness (QED) is 0.492. The third-order valence-corrected chi connectivity index (χ3v) is 6.87. The maximum Gasteiger partial charge on any atom is 0.283 e. The normalized spacial score (nSPS) is 16.6. The number of hydrogen-bond acceptors (Lipinski definition) is 6. The summed E-state index contributed by atoms with van der Waals surface area (Å²) in [7, 11) is -4.33. The van der Waals surface area contributed by atoms with Crippen LogP contribution in [0.4, 0.5) is 5.69 Å². The van der Waals surface area contributed by atoms with Crippen LogP contribution in [-0.2, 0) is 21.2 Å². The fraction of sp³-hybridized carbons (Fsp3) is 0.167. The molecule has 12 heteroatoms. The van der Waals surface area contributed by atoms with E-state index in [1.54, 1.807) is 18.2 Å². The molecule has 156 valence electrons. The Bertz CT molecular complexity index is 1310. The van der Waals surface area contributed by atoms with Crippen molar-refractivity contribution < 1.29 is 18.0 Å². The molecule has 2 aromatic heterocycles. The van der Waals surface area contributed by atoms with E-state index in [0.717, 1.165) is 0 Å². The maximum absolute atomic E-state index is 12.9. The van der Waals surface area contributed by atoms with E-state index in [-0.39, 0.29) is 21.6 Å². The molecule has 0 spiro atoms. The molecule has 1 unspecified atom stereocenters. The van der Waals surface area contributed by atoms with Gasteiger partial charge in [-0.2, -0.15) is 8.42 Å². The minimum absolute atomic E-state index is 0.119. The number of imidazole rings is 1. The first kappa shape index (κ1) is 20.8. The SMILES string of the molecule is NC1CCc2cc(C(=O)NS(=O)(=O)c3c(Cl)nc4ccc(Br)cn34)ccc2NC1=O. The molecule has 30 heavy (non-hydrogen) atoms. The van der Waals surface area contributed by atoms with E-state index in [1.165, 1.54) is 22.7 Å². The molecular formula is C18H15BrClN5O4S. The highest BCUT2D eigenvalue weighted by atomic mass is 79.9. The van der Waals surface area contributed by atoms with Gasteiger partial charge in [0.25, 0.3) is 15.9 Å². The Kier molecular flexibility index (Phi) is 5.30. The monoisotopic (exact) mass is 511 g/mol. The zero-order valence-electron chi connectivity index (χ0n) is 15.2. The molecule has 2 amide bonds. The van der Waals surface area contributed by atoms with Gasteiger partial charge in [-0.15, -0.1) is 0 Å². The Morgan fingerprint density at radius 3 is 2.87 bits per heavy atom. The van der Waals surface area contributed by atoms with Crippen molar-refractivity contribution in [1.82, 2.24) is 14.1 Å². The van der Waals surface area contributed by atoms with Crippen LogP contribution < -0.4 is 15.8 Å². The molecule has 9 nitrogen and oxygen atoms in total. The van der Waals surface area contributed by atoms with Crippen molar-refractivity contribution in [3.8, 4) is 0 Å². The molecule has 3 heterocycles. The average Bonchev–Trinajstić information content (AvgIpc) is 2.94. The topological polar surface area (TPSA) is 136 Å². The van der Waals surface area contributed by atoms with E-state index in [0.29, 0.717) is 34.2 Å². The van der Waals surface area contributed by atoms with Crippen LogP contribution in [0.2, 0.25) is 5.15 Å². The predicted octanol–water partition coefficient (Wildman–Crippen LogP) is 2.08. The Balaban J connectivity index is 1.65. The van der Waals surface area contributed by atoms with E-state index in [1.807, 2.05) is 4.72 Å². The van der Waals surface area contributed by atoms with Crippen LogP contribution >= 0.6 is 27.5 Å². The Hall–Kier alpha value is -2.47. The number of halogens is 2. The van der Waals surface area contributed by atoms with Gasteiger partial charge in [0, 0.05) is 21.9 Å². The number of nitrogens with two attached hydrogens (primary N) is 1. The summed E-state index contributed by atoms with van der Waals surface area (Å²) in [5.41, 5.74) is 7.44. The van der Waals surface area contributed by atoms with Gasteiger partial charge in [0.2, 0.25) is 5.91 Å². The highest BCUT2D eigenvalue weighted by molar-refractivity contribution is 9.10. The van der Waals surface area contributed by atoms with Crippen molar-refractivity contribution in [2.24, 2.45) is 5.73 Å². The minimum atomic E-state index is -4.33. The van der Waals surface area contributed by atoms with Crippen LogP contribution in [0.5, 0.6) is 0 Å². The predicted molar refractivity (Wildman–Crippen MR) is 114 cm³/mol.